The van der Waals surface area contributed by atoms with Crippen molar-refractivity contribution in [2.45, 2.75) is 59.0 Å². The van der Waals surface area contributed by atoms with E-state index in [9.17, 15) is 24.9 Å². The molecule has 6 heteroatoms. The number of amides is 2. The van der Waals surface area contributed by atoms with Crippen molar-refractivity contribution in [3.8, 4) is 5.75 Å². The number of benzene rings is 1. The second kappa shape index (κ2) is 10.5. The third-order valence-electron chi connectivity index (χ3n) is 6.86. The third-order valence-corrected chi connectivity index (χ3v) is 6.86. The fourth-order valence-electron chi connectivity index (χ4n) is 5.27. The standard InChI is InChI=1S/C26H35NO5/c1-4-12-27-25(31)19-14-17(5-2)23(20(15-28)24(19)26(27)32)22(30)11-10-16(3)13-18-8-6-7-9-21(18)29/h6-9,13,19-20,22,24,28-30H,4-5,10-12,14-15H2,1-3H3/b16-13+/t19-,20+,22-,24-/m1/s1. The quantitative estimate of drug-likeness (QED) is 0.401. The average molecular weight is 442 g/mol. The summed E-state index contributed by atoms with van der Waals surface area (Å²) in [4.78, 5) is 27.2. The van der Waals surface area contributed by atoms with Crippen LogP contribution in [0, 0.1) is 17.8 Å². The SMILES string of the molecule is CCCN1C(=O)[C@@H]2[C@@H](CC(CC)=C([C@H](O)CC/C(C)=C/c3ccccc3O)[C@@H]2CO)C1=O. The number of aromatic hydroxyl groups is 1. The van der Waals surface area contributed by atoms with E-state index in [1.807, 2.05) is 39.0 Å². The minimum atomic E-state index is -0.793. The van der Waals surface area contributed by atoms with E-state index < -0.39 is 23.9 Å². The van der Waals surface area contributed by atoms with Gasteiger partial charge in [0, 0.05) is 18.0 Å². The van der Waals surface area contributed by atoms with Gasteiger partial charge in [-0.1, -0.05) is 49.3 Å². The number of carbonyl (C=O) groups is 2. The second-order valence-corrected chi connectivity index (χ2v) is 8.97. The van der Waals surface area contributed by atoms with Gasteiger partial charge in [0.05, 0.1) is 24.5 Å². The van der Waals surface area contributed by atoms with Crippen molar-refractivity contribution in [2.24, 2.45) is 17.8 Å². The summed E-state index contributed by atoms with van der Waals surface area (Å²) >= 11 is 0. The van der Waals surface area contributed by atoms with Crippen molar-refractivity contribution in [3.63, 3.8) is 0 Å². The molecule has 1 aliphatic carbocycles. The number of aliphatic hydroxyl groups excluding tert-OH is 2. The smallest absolute Gasteiger partial charge is 0.233 e. The number of aliphatic hydroxyl groups is 2. The summed E-state index contributed by atoms with van der Waals surface area (Å²) in [6.45, 7) is 6.02. The van der Waals surface area contributed by atoms with Crippen molar-refractivity contribution in [3.05, 3.63) is 46.5 Å². The van der Waals surface area contributed by atoms with E-state index in [1.165, 1.54) is 4.90 Å². The first-order chi connectivity index (χ1) is 15.3. The number of hydrogen-bond acceptors (Lipinski definition) is 5. The maximum Gasteiger partial charge on any atom is 0.233 e. The summed E-state index contributed by atoms with van der Waals surface area (Å²) < 4.78 is 0. The lowest BCUT2D eigenvalue weighted by Gasteiger charge is -2.36. The number of fused-ring (bicyclic) bond motifs is 1. The van der Waals surface area contributed by atoms with Crippen molar-refractivity contribution < 1.29 is 24.9 Å². The normalized spacial score (nSPS) is 24.8. The van der Waals surface area contributed by atoms with Gasteiger partial charge in [-0.15, -0.1) is 0 Å². The summed E-state index contributed by atoms with van der Waals surface area (Å²) in [6, 6.07) is 7.10. The number of hydrogen-bond donors (Lipinski definition) is 3. The lowest BCUT2D eigenvalue weighted by molar-refractivity contribution is -0.140. The first-order valence-electron chi connectivity index (χ1n) is 11.6. The highest BCUT2D eigenvalue weighted by Gasteiger charge is 2.54. The molecule has 1 saturated heterocycles. The predicted molar refractivity (Wildman–Crippen MR) is 123 cm³/mol. The summed E-state index contributed by atoms with van der Waals surface area (Å²) in [5.41, 5.74) is 3.47. The topological polar surface area (TPSA) is 98.1 Å². The Morgan fingerprint density at radius 2 is 1.94 bits per heavy atom. The fourth-order valence-corrected chi connectivity index (χ4v) is 5.27. The van der Waals surface area contributed by atoms with E-state index in [4.69, 9.17) is 0 Å². The molecule has 0 radical (unpaired) electrons. The van der Waals surface area contributed by atoms with Crippen molar-refractivity contribution in [1.82, 2.24) is 4.90 Å². The van der Waals surface area contributed by atoms with Crippen LogP contribution in [-0.2, 0) is 9.59 Å². The minimum Gasteiger partial charge on any atom is -0.507 e. The van der Waals surface area contributed by atoms with Gasteiger partial charge in [-0.3, -0.25) is 14.5 Å². The number of rotatable bonds is 9. The maximum absolute atomic E-state index is 13.0. The average Bonchev–Trinajstić information content (AvgIpc) is 3.02. The molecule has 0 bridgehead atoms. The van der Waals surface area contributed by atoms with E-state index in [0.717, 1.165) is 22.3 Å². The molecule has 32 heavy (non-hydrogen) atoms. The number of para-hydroxylation sites is 1. The molecule has 0 aromatic heterocycles. The van der Waals surface area contributed by atoms with Crippen LogP contribution in [0.15, 0.2) is 41.0 Å². The van der Waals surface area contributed by atoms with Gasteiger partial charge in [0.2, 0.25) is 11.8 Å². The number of allylic oxidation sites excluding steroid dienone is 2. The molecule has 1 aromatic rings. The van der Waals surface area contributed by atoms with Crippen LogP contribution in [-0.4, -0.2) is 51.3 Å². The molecule has 6 nitrogen and oxygen atoms in total. The van der Waals surface area contributed by atoms with Crippen LogP contribution in [0.4, 0.5) is 0 Å². The third kappa shape index (κ3) is 4.66. The second-order valence-electron chi connectivity index (χ2n) is 8.97. The Morgan fingerprint density at radius 1 is 1.22 bits per heavy atom. The largest absolute Gasteiger partial charge is 0.507 e. The maximum atomic E-state index is 13.0. The zero-order chi connectivity index (χ0) is 23.4. The summed E-state index contributed by atoms with van der Waals surface area (Å²) in [7, 11) is 0. The zero-order valence-corrected chi connectivity index (χ0v) is 19.3. The van der Waals surface area contributed by atoms with Gasteiger partial charge in [-0.2, -0.15) is 0 Å². The molecule has 1 heterocycles. The first-order valence-corrected chi connectivity index (χ1v) is 11.6. The van der Waals surface area contributed by atoms with Crippen LogP contribution in [0.3, 0.4) is 0 Å². The van der Waals surface area contributed by atoms with Crippen LogP contribution in [0.2, 0.25) is 0 Å². The Balaban J connectivity index is 1.80. The molecule has 3 N–H and O–H groups in total. The lowest BCUT2D eigenvalue weighted by atomic mass is 9.67. The van der Waals surface area contributed by atoms with E-state index in [1.54, 1.807) is 12.1 Å². The first kappa shape index (κ1) is 24.2. The summed E-state index contributed by atoms with van der Waals surface area (Å²) in [5.74, 6) is -1.68. The number of imide groups is 1. The highest BCUT2D eigenvalue weighted by atomic mass is 16.3. The number of phenolic OH excluding ortho intramolecular Hbond substituents is 1. The Hall–Kier alpha value is -2.44. The van der Waals surface area contributed by atoms with Gasteiger partial charge in [0.25, 0.3) is 0 Å². The van der Waals surface area contributed by atoms with E-state index in [-0.39, 0.29) is 24.2 Å². The number of nitrogens with zero attached hydrogens (tertiary/aromatic N) is 1. The van der Waals surface area contributed by atoms with Crippen molar-refractivity contribution in [1.29, 1.82) is 0 Å². The van der Waals surface area contributed by atoms with Gasteiger partial charge < -0.3 is 15.3 Å². The van der Waals surface area contributed by atoms with Crippen LogP contribution in [0.25, 0.3) is 6.08 Å². The molecule has 0 unspecified atom stereocenters. The van der Waals surface area contributed by atoms with Crippen LogP contribution < -0.4 is 0 Å². The minimum absolute atomic E-state index is 0.138. The Kier molecular flexibility index (Phi) is 7.91. The molecule has 3 rings (SSSR count). The molecule has 2 aliphatic rings. The van der Waals surface area contributed by atoms with E-state index in [2.05, 4.69) is 0 Å². The molecular formula is C26H35NO5. The van der Waals surface area contributed by atoms with Crippen molar-refractivity contribution >= 4 is 17.9 Å². The van der Waals surface area contributed by atoms with Gasteiger partial charge in [0.15, 0.2) is 0 Å². The lowest BCUT2D eigenvalue weighted by Crippen LogP contribution is -2.39. The van der Waals surface area contributed by atoms with Crippen molar-refractivity contribution in [2.75, 3.05) is 13.2 Å². The Bertz CT molecular complexity index is 919. The van der Waals surface area contributed by atoms with Gasteiger partial charge in [-0.05, 0) is 50.7 Å². The molecule has 0 spiro atoms. The molecule has 0 saturated carbocycles. The number of likely N-dealkylation sites (tertiary alicyclic amines) is 1. The number of phenols is 1. The summed E-state index contributed by atoms with van der Waals surface area (Å²) in [5, 5.41) is 31.3. The monoisotopic (exact) mass is 441 g/mol. The Morgan fingerprint density at radius 3 is 2.56 bits per heavy atom. The van der Waals surface area contributed by atoms with Gasteiger partial charge >= 0.3 is 0 Å². The van der Waals surface area contributed by atoms with Gasteiger partial charge in [0.1, 0.15) is 5.75 Å². The molecule has 1 fully saturated rings. The molecule has 2 amide bonds. The van der Waals surface area contributed by atoms with Crippen LogP contribution >= 0.6 is 0 Å². The molecule has 174 valence electrons. The van der Waals surface area contributed by atoms with Gasteiger partial charge in [-0.25, -0.2) is 0 Å². The molecular weight excluding hydrogens is 406 g/mol. The predicted octanol–water partition coefficient (Wildman–Crippen LogP) is 3.67. The zero-order valence-electron chi connectivity index (χ0n) is 19.3. The van der Waals surface area contributed by atoms with E-state index in [0.29, 0.717) is 38.6 Å². The molecule has 4 atom stereocenters. The Labute approximate surface area is 190 Å². The molecule has 1 aromatic carbocycles. The highest BCUT2D eigenvalue weighted by molar-refractivity contribution is 6.05. The highest BCUT2D eigenvalue weighted by Crippen LogP contribution is 2.47. The van der Waals surface area contributed by atoms with Crippen LogP contribution in [0.5, 0.6) is 5.75 Å². The fraction of sp³-hybridized carbons (Fsp3) is 0.538. The summed E-state index contributed by atoms with van der Waals surface area (Å²) in [6.07, 6.45) is 4.02. The molecule has 1 aliphatic heterocycles. The van der Waals surface area contributed by atoms with E-state index >= 15 is 0 Å². The van der Waals surface area contributed by atoms with Crippen LogP contribution in [0.1, 0.15) is 58.4 Å². The number of carbonyl (C=O) groups excluding carboxylic acids is 2.